The summed E-state index contributed by atoms with van der Waals surface area (Å²) >= 11 is 6.27. The molecular weight excluding hydrogens is 276 g/mol. The van der Waals surface area contributed by atoms with Crippen molar-refractivity contribution in [1.29, 1.82) is 0 Å². The SMILES string of the molecule is C/C(=C(\Cl)[S@@](=O)c1ccc(C)cc1)c1ccccc1. The van der Waals surface area contributed by atoms with Crippen molar-refractivity contribution < 1.29 is 4.21 Å². The lowest BCUT2D eigenvalue weighted by atomic mass is 10.1. The minimum Gasteiger partial charge on any atom is -0.248 e. The zero-order valence-corrected chi connectivity index (χ0v) is 12.5. The quantitative estimate of drug-likeness (QED) is 0.798. The highest BCUT2D eigenvalue weighted by molar-refractivity contribution is 7.91. The summed E-state index contributed by atoms with van der Waals surface area (Å²) in [7, 11) is -1.32. The lowest BCUT2D eigenvalue weighted by Gasteiger charge is -2.06. The van der Waals surface area contributed by atoms with Crippen LogP contribution in [0, 0.1) is 6.92 Å². The van der Waals surface area contributed by atoms with Crippen molar-refractivity contribution in [1.82, 2.24) is 0 Å². The summed E-state index contributed by atoms with van der Waals surface area (Å²) in [5, 5.41) is 0. The predicted octanol–water partition coefficient (Wildman–Crippen LogP) is 4.73. The standard InChI is InChI=1S/C16H15ClOS/c1-12-8-10-15(11-9-12)19(18)16(17)13(2)14-6-4-3-5-7-14/h3-11H,1-2H3/b16-13-/t19-/m0/s1. The molecule has 2 rings (SSSR count). The van der Waals surface area contributed by atoms with E-state index in [2.05, 4.69) is 0 Å². The van der Waals surface area contributed by atoms with Crippen LogP contribution in [-0.2, 0) is 10.8 Å². The summed E-state index contributed by atoms with van der Waals surface area (Å²) in [6, 6.07) is 17.3. The number of allylic oxidation sites excluding steroid dienone is 1. The van der Waals surface area contributed by atoms with Crippen LogP contribution in [0.4, 0.5) is 0 Å². The van der Waals surface area contributed by atoms with Gasteiger partial charge in [0.2, 0.25) is 0 Å². The van der Waals surface area contributed by atoms with Crippen LogP contribution in [-0.4, -0.2) is 4.21 Å². The molecule has 0 fully saturated rings. The molecule has 0 unspecified atom stereocenters. The lowest BCUT2D eigenvalue weighted by Crippen LogP contribution is -1.94. The number of halogens is 1. The molecule has 0 aromatic heterocycles. The van der Waals surface area contributed by atoms with Gasteiger partial charge in [-0.25, -0.2) is 4.21 Å². The number of rotatable bonds is 3. The smallest absolute Gasteiger partial charge is 0.113 e. The fourth-order valence-corrected chi connectivity index (χ4v) is 3.07. The van der Waals surface area contributed by atoms with Crippen molar-refractivity contribution in [3.63, 3.8) is 0 Å². The molecule has 2 aromatic carbocycles. The van der Waals surface area contributed by atoms with Crippen molar-refractivity contribution >= 4 is 28.0 Å². The van der Waals surface area contributed by atoms with Crippen LogP contribution in [0.3, 0.4) is 0 Å². The van der Waals surface area contributed by atoms with E-state index in [-0.39, 0.29) is 0 Å². The normalized spacial score (nSPS) is 13.8. The van der Waals surface area contributed by atoms with Crippen molar-refractivity contribution in [3.05, 3.63) is 70.1 Å². The second-order valence-corrected chi connectivity index (χ2v) is 6.37. The number of benzene rings is 2. The Kier molecular flexibility index (Phi) is 4.56. The first kappa shape index (κ1) is 14.0. The molecule has 98 valence electrons. The maximum atomic E-state index is 12.4. The lowest BCUT2D eigenvalue weighted by molar-refractivity contribution is 0.688. The molecule has 0 radical (unpaired) electrons. The summed E-state index contributed by atoms with van der Waals surface area (Å²) in [4.78, 5) is 0.728. The van der Waals surface area contributed by atoms with Gasteiger partial charge in [-0.1, -0.05) is 59.6 Å². The van der Waals surface area contributed by atoms with E-state index in [1.54, 1.807) is 0 Å². The molecule has 0 N–H and O–H groups in total. The Morgan fingerprint density at radius 3 is 2.16 bits per heavy atom. The van der Waals surface area contributed by atoms with Crippen molar-refractivity contribution in [2.45, 2.75) is 18.7 Å². The van der Waals surface area contributed by atoms with Crippen molar-refractivity contribution in [2.24, 2.45) is 0 Å². The molecule has 19 heavy (non-hydrogen) atoms. The van der Waals surface area contributed by atoms with Gasteiger partial charge in [-0.05, 0) is 37.1 Å². The molecule has 3 heteroatoms. The molecule has 0 spiro atoms. The van der Waals surface area contributed by atoms with E-state index >= 15 is 0 Å². The fourth-order valence-electron chi connectivity index (χ4n) is 1.71. The molecule has 0 aliphatic carbocycles. The zero-order chi connectivity index (χ0) is 13.8. The minimum atomic E-state index is -1.32. The predicted molar refractivity (Wildman–Crippen MR) is 82.5 cm³/mol. The van der Waals surface area contributed by atoms with E-state index in [0.717, 1.165) is 21.6 Å². The number of hydrogen-bond donors (Lipinski definition) is 0. The van der Waals surface area contributed by atoms with Crippen LogP contribution < -0.4 is 0 Å². The van der Waals surface area contributed by atoms with Gasteiger partial charge in [-0.2, -0.15) is 0 Å². The monoisotopic (exact) mass is 290 g/mol. The van der Waals surface area contributed by atoms with Gasteiger partial charge in [-0.15, -0.1) is 0 Å². The highest BCUT2D eigenvalue weighted by Gasteiger charge is 2.12. The molecule has 1 nitrogen and oxygen atoms in total. The molecule has 0 aliphatic heterocycles. The Bertz CT molecular complexity index is 615. The largest absolute Gasteiger partial charge is 0.248 e. The van der Waals surface area contributed by atoms with Crippen LogP contribution in [0.1, 0.15) is 18.1 Å². The van der Waals surface area contributed by atoms with Gasteiger partial charge in [0.05, 0.1) is 10.8 Å². The van der Waals surface area contributed by atoms with Gasteiger partial charge < -0.3 is 0 Å². The molecule has 0 saturated carbocycles. The van der Waals surface area contributed by atoms with Gasteiger partial charge in [0.25, 0.3) is 0 Å². The van der Waals surface area contributed by atoms with Crippen LogP contribution in [0.25, 0.3) is 5.57 Å². The number of hydrogen-bond acceptors (Lipinski definition) is 1. The van der Waals surface area contributed by atoms with Crippen LogP contribution in [0.15, 0.2) is 63.9 Å². The molecule has 0 aliphatic rings. The molecule has 0 amide bonds. The van der Waals surface area contributed by atoms with Gasteiger partial charge in [0.15, 0.2) is 0 Å². The van der Waals surface area contributed by atoms with E-state index in [4.69, 9.17) is 11.6 Å². The average Bonchev–Trinajstić information content (AvgIpc) is 2.46. The first-order valence-corrected chi connectivity index (χ1v) is 7.52. The maximum Gasteiger partial charge on any atom is 0.113 e. The third-order valence-electron chi connectivity index (χ3n) is 2.90. The molecule has 0 heterocycles. The third kappa shape index (κ3) is 3.34. The van der Waals surface area contributed by atoms with Crippen molar-refractivity contribution in [2.75, 3.05) is 0 Å². The van der Waals surface area contributed by atoms with Crippen LogP contribution in [0.2, 0.25) is 0 Å². The topological polar surface area (TPSA) is 17.1 Å². The molecule has 2 aromatic rings. The fraction of sp³-hybridized carbons (Fsp3) is 0.125. The Morgan fingerprint density at radius 2 is 1.58 bits per heavy atom. The average molecular weight is 291 g/mol. The Labute approximate surface area is 121 Å². The summed E-state index contributed by atoms with van der Waals surface area (Å²) in [6.07, 6.45) is 0. The van der Waals surface area contributed by atoms with Gasteiger partial charge >= 0.3 is 0 Å². The van der Waals surface area contributed by atoms with Gasteiger partial charge in [0.1, 0.15) is 4.36 Å². The second-order valence-electron chi connectivity index (χ2n) is 4.35. The highest BCUT2D eigenvalue weighted by Crippen LogP contribution is 2.27. The maximum absolute atomic E-state index is 12.4. The summed E-state index contributed by atoms with van der Waals surface area (Å²) in [5.41, 5.74) is 2.98. The van der Waals surface area contributed by atoms with E-state index in [1.165, 1.54) is 0 Å². The highest BCUT2D eigenvalue weighted by atomic mass is 35.5. The Hall–Kier alpha value is -1.38. The second kappa shape index (κ2) is 6.18. The van der Waals surface area contributed by atoms with E-state index in [1.807, 2.05) is 68.4 Å². The van der Waals surface area contributed by atoms with Gasteiger partial charge in [-0.3, -0.25) is 0 Å². The van der Waals surface area contributed by atoms with E-state index < -0.39 is 10.8 Å². The summed E-state index contributed by atoms with van der Waals surface area (Å²) in [5.74, 6) is 0. The summed E-state index contributed by atoms with van der Waals surface area (Å²) < 4.78 is 12.8. The first-order chi connectivity index (χ1) is 9.09. The summed E-state index contributed by atoms with van der Waals surface area (Å²) in [6.45, 7) is 3.89. The molecule has 0 saturated heterocycles. The Morgan fingerprint density at radius 1 is 1.00 bits per heavy atom. The first-order valence-electron chi connectivity index (χ1n) is 6.00. The van der Waals surface area contributed by atoms with E-state index in [9.17, 15) is 4.21 Å². The Balaban J connectivity index is 2.35. The van der Waals surface area contributed by atoms with Crippen molar-refractivity contribution in [3.8, 4) is 0 Å². The molecule has 0 bridgehead atoms. The zero-order valence-electron chi connectivity index (χ0n) is 10.9. The van der Waals surface area contributed by atoms with Crippen LogP contribution >= 0.6 is 11.6 Å². The molecule has 1 atom stereocenters. The minimum absolute atomic E-state index is 0.384. The molecular formula is C16H15ClOS. The number of aryl methyl sites for hydroxylation is 1. The van der Waals surface area contributed by atoms with E-state index in [0.29, 0.717) is 4.36 Å². The third-order valence-corrected chi connectivity index (χ3v) is 4.94. The van der Waals surface area contributed by atoms with Gasteiger partial charge in [0, 0.05) is 4.90 Å². The van der Waals surface area contributed by atoms with Crippen LogP contribution in [0.5, 0.6) is 0 Å².